The number of hydrogen-bond acceptors (Lipinski definition) is 8. The summed E-state index contributed by atoms with van der Waals surface area (Å²) < 4.78 is 18.5. The van der Waals surface area contributed by atoms with Crippen LogP contribution in [0.25, 0.3) is 0 Å². The van der Waals surface area contributed by atoms with E-state index in [0.29, 0.717) is 40.3 Å². The Morgan fingerprint density at radius 3 is 2.66 bits per heavy atom. The molecule has 0 saturated heterocycles. The number of anilines is 1. The smallest absolute Gasteiger partial charge is 0.227 e. The van der Waals surface area contributed by atoms with Gasteiger partial charge in [-0.15, -0.1) is 5.10 Å². The number of thioether (sulfide) groups is 1. The van der Waals surface area contributed by atoms with Crippen LogP contribution >= 0.6 is 11.8 Å². The van der Waals surface area contributed by atoms with Crippen molar-refractivity contribution < 1.29 is 19.0 Å². The third kappa shape index (κ3) is 3.23. The van der Waals surface area contributed by atoms with Gasteiger partial charge in [0.05, 0.1) is 21.3 Å². The summed E-state index contributed by atoms with van der Waals surface area (Å²) in [7, 11) is 4.73. The summed E-state index contributed by atoms with van der Waals surface area (Å²) in [6.07, 6.45) is 2.15. The first-order valence-electron chi connectivity index (χ1n) is 9.54. The molecule has 29 heavy (non-hydrogen) atoms. The molecule has 1 aliphatic heterocycles. The molecule has 1 aromatic carbocycles. The molecule has 9 heteroatoms. The molecule has 1 N–H and O–H groups in total. The van der Waals surface area contributed by atoms with Gasteiger partial charge < -0.3 is 19.5 Å². The van der Waals surface area contributed by atoms with E-state index in [1.165, 1.54) is 0 Å². The van der Waals surface area contributed by atoms with Gasteiger partial charge in [0.2, 0.25) is 16.9 Å². The summed E-state index contributed by atoms with van der Waals surface area (Å²) >= 11 is 1.56. The van der Waals surface area contributed by atoms with Crippen molar-refractivity contribution in [2.45, 2.75) is 37.4 Å². The van der Waals surface area contributed by atoms with E-state index in [1.54, 1.807) is 37.8 Å². The first kappa shape index (κ1) is 19.6. The average Bonchev–Trinajstić information content (AvgIpc) is 3.13. The van der Waals surface area contributed by atoms with Crippen molar-refractivity contribution in [3.63, 3.8) is 0 Å². The van der Waals surface area contributed by atoms with Gasteiger partial charge in [-0.3, -0.25) is 4.79 Å². The number of nitrogens with zero attached hydrogens (tertiary/aromatic N) is 3. The number of carbonyl (C=O) groups excluding carboxylic acids is 1. The number of nitrogens with one attached hydrogen (secondary N) is 1. The highest BCUT2D eigenvalue weighted by Gasteiger charge is 2.39. The second-order valence-electron chi connectivity index (χ2n) is 6.72. The van der Waals surface area contributed by atoms with Crippen molar-refractivity contribution >= 4 is 23.5 Å². The molecule has 1 aromatic heterocycles. The molecule has 2 aliphatic rings. The maximum atomic E-state index is 13.0. The quantitative estimate of drug-likeness (QED) is 0.717. The molecule has 0 bridgehead atoms. The highest BCUT2D eigenvalue weighted by molar-refractivity contribution is 7.99. The van der Waals surface area contributed by atoms with Crippen molar-refractivity contribution in [1.82, 2.24) is 14.8 Å². The molecule has 8 nitrogen and oxygen atoms in total. The second-order valence-corrected chi connectivity index (χ2v) is 7.95. The standard InChI is InChI=1S/C20H24N4O4S/c1-5-29-20-22-19-21-12-7-6-8-13(25)15(12)16(24(19)23-20)11-9-10-14(26-2)18(28-4)17(11)27-3/h9-10,16H,5-8H2,1-4H3,(H,21,22,23). The molecule has 0 fully saturated rings. The maximum absolute atomic E-state index is 13.0. The van der Waals surface area contributed by atoms with Crippen LogP contribution in [0.1, 0.15) is 37.8 Å². The maximum Gasteiger partial charge on any atom is 0.227 e. The Balaban J connectivity index is 1.95. The number of aromatic nitrogens is 3. The lowest BCUT2D eigenvalue weighted by molar-refractivity contribution is -0.116. The molecular weight excluding hydrogens is 392 g/mol. The predicted molar refractivity (Wildman–Crippen MR) is 110 cm³/mol. The fraction of sp³-hybridized carbons (Fsp3) is 0.450. The van der Waals surface area contributed by atoms with E-state index in [1.807, 2.05) is 12.1 Å². The summed E-state index contributed by atoms with van der Waals surface area (Å²) in [6, 6.07) is 3.29. The first-order valence-corrected chi connectivity index (χ1v) is 10.5. The third-order valence-electron chi connectivity index (χ3n) is 5.15. The number of methoxy groups -OCH3 is 3. The van der Waals surface area contributed by atoms with Crippen LogP contribution in [0.4, 0.5) is 5.95 Å². The molecule has 4 rings (SSSR count). The predicted octanol–water partition coefficient (Wildman–Crippen LogP) is 3.44. The Labute approximate surface area is 173 Å². The lowest BCUT2D eigenvalue weighted by Gasteiger charge is -2.33. The van der Waals surface area contributed by atoms with Crippen LogP contribution in [0.2, 0.25) is 0 Å². The van der Waals surface area contributed by atoms with Crippen molar-refractivity contribution in [1.29, 1.82) is 0 Å². The minimum absolute atomic E-state index is 0.117. The van der Waals surface area contributed by atoms with Crippen LogP contribution in [-0.2, 0) is 4.79 Å². The second kappa shape index (κ2) is 7.98. The van der Waals surface area contributed by atoms with Crippen LogP contribution < -0.4 is 19.5 Å². The Kier molecular flexibility index (Phi) is 5.40. The van der Waals surface area contributed by atoms with Gasteiger partial charge in [-0.25, -0.2) is 4.68 Å². The van der Waals surface area contributed by atoms with Gasteiger partial charge in [0.25, 0.3) is 0 Å². The van der Waals surface area contributed by atoms with Crippen molar-refractivity contribution in [3.05, 3.63) is 29.0 Å². The summed E-state index contributed by atoms with van der Waals surface area (Å²) in [4.78, 5) is 17.6. The number of fused-ring (bicyclic) bond motifs is 1. The molecule has 2 aromatic rings. The number of Topliss-reactive ketones (excluding diaryl/α,β-unsaturated/α-hetero) is 1. The number of allylic oxidation sites excluding steroid dienone is 2. The molecule has 0 spiro atoms. The monoisotopic (exact) mass is 416 g/mol. The Hall–Kier alpha value is -2.68. The highest BCUT2D eigenvalue weighted by Crippen LogP contribution is 2.48. The number of rotatable bonds is 6. The fourth-order valence-electron chi connectivity index (χ4n) is 3.95. The van der Waals surface area contributed by atoms with E-state index in [4.69, 9.17) is 14.2 Å². The number of hydrogen-bond donors (Lipinski definition) is 1. The van der Waals surface area contributed by atoms with E-state index >= 15 is 0 Å². The topological polar surface area (TPSA) is 87.5 Å². The van der Waals surface area contributed by atoms with Crippen molar-refractivity contribution in [2.75, 3.05) is 32.4 Å². The van der Waals surface area contributed by atoms with Crippen LogP contribution in [0.3, 0.4) is 0 Å². The minimum atomic E-state index is -0.442. The van der Waals surface area contributed by atoms with Gasteiger partial charge in [-0.1, -0.05) is 18.7 Å². The minimum Gasteiger partial charge on any atom is -0.493 e. The van der Waals surface area contributed by atoms with Gasteiger partial charge in [0, 0.05) is 23.3 Å². The van der Waals surface area contributed by atoms with E-state index in [-0.39, 0.29) is 5.78 Å². The molecule has 154 valence electrons. The Bertz CT molecular complexity index is 985. The van der Waals surface area contributed by atoms with Gasteiger partial charge in [-0.2, -0.15) is 4.98 Å². The average molecular weight is 417 g/mol. The molecule has 0 radical (unpaired) electrons. The van der Waals surface area contributed by atoms with Crippen LogP contribution in [0.15, 0.2) is 28.6 Å². The largest absolute Gasteiger partial charge is 0.493 e. The lowest BCUT2D eigenvalue weighted by Crippen LogP contribution is -2.31. The summed E-state index contributed by atoms with van der Waals surface area (Å²) in [5.74, 6) is 3.19. The van der Waals surface area contributed by atoms with Gasteiger partial charge in [0.1, 0.15) is 6.04 Å². The third-order valence-corrected chi connectivity index (χ3v) is 5.87. The van der Waals surface area contributed by atoms with Gasteiger partial charge in [-0.05, 0) is 30.7 Å². The summed E-state index contributed by atoms with van der Waals surface area (Å²) in [5, 5.41) is 8.70. The SMILES string of the molecule is CCSc1nc2n(n1)C(c1ccc(OC)c(OC)c1OC)C1=C(CCCC1=O)N2. The van der Waals surface area contributed by atoms with E-state index < -0.39 is 6.04 Å². The normalized spacial score (nSPS) is 18.1. The fourth-order valence-corrected chi connectivity index (χ4v) is 4.51. The van der Waals surface area contributed by atoms with Crippen molar-refractivity contribution in [2.24, 2.45) is 0 Å². The Morgan fingerprint density at radius 2 is 1.97 bits per heavy atom. The van der Waals surface area contributed by atoms with Gasteiger partial charge >= 0.3 is 0 Å². The summed E-state index contributed by atoms with van der Waals surface area (Å²) in [5.41, 5.74) is 2.41. The van der Waals surface area contributed by atoms with Crippen LogP contribution in [0.5, 0.6) is 17.2 Å². The van der Waals surface area contributed by atoms with E-state index in [2.05, 4.69) is 22.3 Å². The molecule has 0 saturated carbocycles. The first-order chi connectivity index (χ1) is 14.1. The highest BCUT2D eigenvalue weighted by atomic mass is 32.2. The Morgan fingerprint density at radius 1 is 1.17 bits per heavy atom. The zero-order chi connectivity index (χ0) is 20.5. The zero-order valence-electron chi connectivity index (χ0n) is 16.9. The molecular formula is C20H24N4O4S. The molecule has 1 aliphatic carbocycles. The number of carbonyl (C=O) groups is 1. The lowest BCUT2D eigenvalue weighted by atomic mass is 9.85. The molecule has 0 amide bonds. The molecule has 1 unspecified atom stereocenters. The zero-order valence-corrected chi connectivity index (χ0v) is 17.8. The van der Waals surface area contributed by atoms with Crippen molar-refractivity contribution in [3.8, 4) is 17.2 Å². The van der Waals surface area contributed by atoms with Crippen LogP contribution in [-0.4, -0.2) is 47.6 Å². The summed E-state index contributed by atoms with van der Waals surface area (Å²) in [6.45, 7) is 2.06. The molecule has 2 heterocycles. The van der Waals surface area contributed by atoms with Crippen LogP contribution in [0, 0.1) is 0 Å². The number of ether oxygens (including phenoxy) is 3. The van der Waals surface area contributed by atoms with Gasteiger partial charge in [0.15, 0.2) is 17.3 Å². The van der Waals surface area contributed by atoms with E-state index in [9.17, 15) is 4.79 Å². The molecule has 1 atom stereocenters. The number of ketones is 1. The van der Waals surface area contributed by atoms with E-state index in [0.717, 1.165) is 29.9 Å². The number of benzene rings is 1.